The van der Waals surface area contributed by atoms with E-state index >= 15 is 0 Å². The fraction of sp³-hybridized carbons (Fsp3) is 0.727. The highest BCUT2D eigenvalue weighted by Gasteiger charge is 2.24. The van der Waals surface area contributed by atoms with Crippen LogP contribution in [0.2, 0.25) is 0 Å². The summed E-state index contributed by atoms with van der Waals surface area (Å²) in [6, 6.07) is 0. The molecule has 1 aliphatic carbocycles. The molecule has 0 aliphatic heterocycles. The third-order valence-corrected chi connectivity index (χ3v) is 4.40. The minimum absolute atomic E-state index is 0.0494. The number of Topliss-reactive ketones (excluding diaryl/α,β-unsaturated/α-hetero) is 1. The van der Waals surface area contributed by atoms with Crippen molar-refractivity contribution >= 4 is 17.5 Å². The van der Waals surface area contributed by atoms with Crippen LogP contribution >= 0.6 is 11.8 Å². The monoisotopic (exact) mass is 256 g/mol. The summed E-state index contributed by atoms with van der Waals surface area (Å²) in [4.78, 5) is 11.8. The van der Waals surface area contributed by atoms with Crippen LogP contribution in [0.3, 0.4) is 0 Å². The Bertz CT molecular complexity index is 380. The van der Waals surface area contributed by atoms with Gasteiger partial charge in [0.05, 0.1) is 11.0 Å². The Morgan fingerprint density at radius 2 is 2.24 bits per heavy atom. The first-order valence-electron chi connectivity index (χ1n) is 5.86. The average Bonchev–Trinajstić information content (AvgIpc) is 2.67. The van der Waals surface area contributed by atoms with Crippen molar-refractivity contribution in [1.29, 1.82) is 0 Å². The van der Waals surface area contributed by atoms with Crippen molar-refractivity contribution in [2.75, 3.05) is 5.75 Å². The van der Waals surface area contributed by atoms with Crippen LogP contribution in [0.15, 0.2) is 4.52 Å². The molecule has 1 saturated carbocycles. The van der Waals surface area contributed by atoms with E-state index in [0.717, 1.165) is 0 Å². The van der Waals surface area contributed by atoms with Gasteiger partial charge >= 0.3 is 0 Å². The van der Waals surface area contributed by atoms with Gasteiger partial charge in [-0.15, -0.1) is 0 Å². The van der Waals surface area contributed by atoms with Crippen molar-refractivity contribution in [3.05, 3.63) is 5.69 Å². The van der Waals surface area contributed by atoms with E-state index in [-0.39, 0.29) is 11.5 Å². The topological polar surface area (TPSA) is 70.0 Å². The van der Waals surface area contributed by atoms with E-state index in [4.69, 9.17) is 0 Å². The molecule has 1 aromatic rings. The maximum absolute atomic E-state index is 11.8. The van der Waals surface area contributed by atoms with Crippen molar-refractivity contribution in [2.24, 2.45) is 7.05 Å². The average molecular weight is 256 g/mol. The normalized spacial score (nSPS) is 17.2. The SMILES string of the molecule is C[n+]1noc([O-])c1C(=O)CSC1CCCCC1. The number of thioether (sulfide) groups is 1. The Hall–Kier alpha value is -1.04. The molecule has 1 heterocycles. The van der Waals surface area contributed by atoms with E-state index in [9.17, 15) is 9.90 Å². The Balaban J connectivity index is 1.89. The smallest absolute Gasteiger partial charge is 0.300 e. The number of carbonyl (C=O) groups is 1. The maximum atomic E-state index is 11.8. The number of aryl methyl sites for hydroxylation is 1. The van der Waals surface area contributed by atoms with Gasteiger partial charge in [0, 0.05) is 5.25 Å². The van der Waals surface area contributed by atoms with Crippen LogP contribution in [-0.4, -0.2) is 22.1 Å². The van der Waals surface area contributed by atoms with E-state index in [1.807, 2.05) is 0 Å². The molecule has 6 heteroatoms. The number of carbonyl (C=O) groups excluding carboxylic acids is 1. The van der Waals surface area contributed by atoms with Gasteiger partial charge in [0.25, 0.3) is 5.69 Å². The predicted octanol–water partition coefficient (Wildman–Crippen LogP) is 0.821. The Morgan fingerprint density at radius 1 is 1.53 bits per heavy atom. The molecular weight excluding hydrogens is 240 g/mol. The Morgan fingerprint density at radius 3 is 2.82 bits per heavy atom. The lowest BCUT2D eigenvalue weighted by Gasteiger charge is -2.20. The van der Waals surface area contributed by atoms with Crippen molar-refractivity contribution in [1.82, 2.24) is 5.27 Å². The lowest BCUT2D eigenvalue weighted by molar-refractivity contribution is -0.741. The van der Waals surface area contributed by atoms with Gasteiger partial charge in [0.1, 0.15) is 0 Å². The fourth-order valence-corrected chi connectivity index (χ4v) is 3.29. The third kappa shape index (κ3) is 3.00. The van der Waals surface area contributed by atoms with Crippen LogP contribution in [0.4, 0.5) is 0 Å². The second kappa shape index (κ2) is 5.53. The van der Waals surface area contributed by atoms with Gasteiger partial charge in [-0.2, -0.15) is 11.8 Å². The zero-order chi connectivity index (χ0) is 12.3. The minimum Gasteiger partial charge on any atom is -0.539 e. The van der Waals surface area contributed by atoms with Crippen LogP contribution in [0.25, 0.3) is 0 Å². The Labute approximate surface area is 104 Å². The Kier molecular flexibility index (Phi) is 4.04. The largest absolute Gasteiger partial charge is 0.539 e. The molecule has 17 heavy (non-hydrogen) atoms. The highest BCUT2D eigenvalue weighted by molar-refractivity contribution is 8.00. The first-order chi connectivity index (χ1) is 8.18. The quantitative estimate of drug-likeness (QED) is 0.589. The summed E-state index contributed by atoms with van der Waals surface area (Å²) in [7, 11) is 1.55. The van der Waals surface area contributed by atoms with E-state index < -0.39 is 5.95 Å². The molecule has 1 aliphatic rings. The lowest BCUT2D eigenvalue weighted by atomic mass is 10.0. The molecule has 0 amide bonds. The molecule has 0 saturated heterocycles. The van der Waals surface area contributed by atoms with E-state index in [0.29, 0.717) is 11.0 Å². The first-order valence-corrected chi connectivity index (χ1v) is 6.91. The maximum Gasteiger partial charge on any atom is 0.300 e. The molecule has 1 fully saturated rings. The number of nitrogens with zero attached hydrogens (tertiary/aromatic N) is 2. The summed E-state index contributed by atoms with van der Waals surface area (Å²) in [6.45, 7) is 0. The molecular formula is C11H16N2O3S. The van der Waals surface area contributed by atoms with Crippen LogP contribution in [0, 0.1) is 0 Å². The van der Waals surface area contributed by atoms with Gasteiger partial charge < -0.3 is 9.63 Å². The van der Waals surface area contributed by atoms with Crippen LogP contribution in [0.5, 0.6) is 5.95 Å². The second-order valence-corrected chi connectivity index (χ2v) is 5.62. The highest BCUT2D eigenvalue weighted by Crippen LogP contribution is 2.28. The zero-order valence-corrected chi connectivity index (χ0v) is 10.7. The van der Waals surface area contributed by atoms with Gasteiger partial charge in [0.2, 0.25) is 5.78 Å². The summed E-state index contributed by atoms with van der Waals surface area (Å²) in [6.07, 6.45) is 6.16. The predicted molar refractivity (Wildman–Crippen MR) is 60.8 cm³/mol. The molecule has 1 aromatic heterocycles. The van der Waals surface area contributed by atoms with Crippen molar-refractivity contribution in [3.8, 4) is 5.95 Å². The second-order valence-electron chi connectivity index (χ2n) is 4.33. The van der Waals surface area contributed by atoms with Crippen molar-refractivity contribution < 1.29 is 19.1 Å². The molecule has 0 aromatic carbocycles. The number of hydrogen-bond acceptors (Lipinski definition) is 5. The molecule has 0 N–H and O–H groups in total. The number of aromatic nitrogens is 2. The molecule has 0 spiro atoms. The summed E-state index contributed by atoms with van der Waals surface area (Å²) < 4.78 is 5.65. The third-order valence-electron chi connectivity index (χ3n) is 3.03. The highest BCUT2D eigenvalue weighted by atomic mass is 32.2. The molecule has 0 unspecified atom stereocenters. The van der Waals surface area contributed by atoms with E-state index in [2.05, 4.69) is 9.79 Å². The molecule has 94 valence electrons. The number of rotatable bonds is 4. The van der Waals surface area contributed by atoms with Crippen LogP contribution in [-0.2, 0) is 7.05 Å². The fourth-order valence-electron chi connectivity index (χ4n) is 2.10. The summed E-state index contributed by atoms with van der Waals surface area (Å²) in [5, 5.41) is 15.2. The van der Waals surface area contributed by atoms with Gasteiger partial charge in [-0.25, -0.2) is 0 Å². The summed E-state index contributed by atoms with van der Waals surface area (Å²) >= 11 is 1.65. The van der Waals surface area contributed by atoms with Crippen molar-refractivity contribution in [3.63, 3.8) is 0 Å². The zero-order valence-electron chi connectivity index (χ0n) is 9.85. The molecule has 0 bridgehead atoms. The van der Waals surface area contributed by atoms with Gasteiger partial charge in [-0.05, 0) is 12.8 Å². The molecule has 0 atom stereocenters. The molecule has 5 nitrogen and oxygen atoms in total. The first kappa shape index (κ1) is 12.4. The minimum atomic E-state index is -0.637. The van der Waals surface area contributed by atoms with E-state index in [1.54, 1.807) is 18.8 Å². The van der Waals surface area contributed by atoms with Gasteiger partial charge in [-0.1, -0.05) is 23.9 Å². The van der Waals surface area contributed by atoms with E-state index in [1.165, 1.54) is 36.8 Å². The standard InChI is InChI=1S/C11H16N2O3S/c1-13-10(11(15)16-12-13)9(14)7-17-8-5-3-2-4-6-8/h8H,2-7H2,1H3. The van der Waals surface area contributed by atoms with Gasteiger partial charge in [0.15, 0.2) is 13.0 Å². The lowest BCUT2D eigenvalue weighted by Crippen LogP contribution is -2.37. The molecule has 2 rings (SSSR count). The summed E-state index contributed by atoms with van der Waals surface area (Å²) in [5.74, 6) is -0.481. The van der Waals surface area contributed by atoms with Crippen LogP contribution in [0.1, 0.15) is 42.6 Å². The molecule has 0 radical (unpaired) electrons. The summed E-state index contributed by atoms with van der Waals surface area (Å²) in [5.41, 5.74) is 0.0494. The van der Waals surface area contributed by atoms with Crippen molar-refractivity contribution in [2.45, 2.75) is 37.4 Å². The van der Waals surface area contributed by atoms with Gasteiger partial charge in [-0.3, -0.25) is 4.79 Å². The number of ketones is 1. The van der Waals surface area contributed by atoms with Crippen LogP contribution < -0.4 is 9.79 Å². The number of hydrogen-bond donors (Lipinski definition) is 0.